The van der Waals surface area contributed by atoms with Crippen LogP contribution in [0, 0.1) is 0 Å². The minimum absolute atomic E-state index is 0.0188. The van der Waals surface area contributed by atoms with E-state index in [9.17, 15) is 33.3 Å². The van der Waals surface area contributed by atoms with Crippen LogP contribution in [0.4, 0.5) is 13.2 Å². The molecule has 12 heteroatoms. The summed E-state index contributed by atoms with van der Waals surface area (Å²) in [5, 5.41) is 38.9. The number of aromatic hydroxyl groups is 2. The van der Waals surface area contributed by atoms with Crippen molar-refractivity contribution in [3.63, 3.8) is 0 Å². The maximum atomic E-state index is 12.8. The molecule has 0 saturated carbocycles. The van der Waals surface area contributed by atoms with Crippen molar-refractivity contribution in [2.45, 2.75) is 24.6 Å². The van der Waals surface area contributed by atoms with Crippen LogP contribution in [-0.2, 0) is 4.79 Å². The van der Waals surface area contributed by atoms with Crippen molar-refractivity contribution in [3.8, 4) is 22.8 Å². The molecule has 188 valence electrons. The lowest BCUT2D eigenvalue weighted by Crippen LogP contribution is -2.40. The molecular weight excluding hydrogens is 495 g/mol. The van der Waals surface area contributed by atoms with Gasteiger partial charge >= 0.3 is 12.1 Å². The van der Waals surface area contributed by atoms with E-state index in [4.69, 9.17) is 25.9 Å². The number of rotatable bonds is 2. The first kappa shape index (κ1) is 26.3. The van der Waals surface area contributed by atoms with Crippen LogP contribution in [0.2, 0.25) is 5.02 Å². The number of hydrogen-bond donors (Lipinski definition) is 4. The number of likely N-dealkylation sites (N-methyl/N-ethyl adjacent to an activating group) is 1. The van der Waals surface area contributed by atoms with Gasteiger partial charge in [-0.1, -0.05) is 23.7 Å². The van der Waals surface area contributed by atoms with Gasteiger partial charge in [-0.3, -0.25) is 4.79 Å². The highest BCUT2D eigenvalue weighted by atomic mass is 35.5. The van der Waals surface area contributed by atoms with Crippen LogP contribution in [0.1, 0.15) is 17.9 Å². The Balaban J connectivity index is 0.000000429. The molecular formula is C23H21ClF3NO7. The molecule has 1 aliphatic heterocycles. The molecule has 3 aromatic rings. The predicted molar refractivity (Wildman–Crippen MR) is 121 cm³/mol. The Kier molecular flexibility index (Phi) is 7.63. The molecule has 0 bridgehead atoms. The first-order valence-electron chi connectivity index (χ1n) is 10.3. The van der Waals surface area contributed by atoms with E-state index in [1.165, 1.54) is 6.07 Å². The molecule has 2 atom stereocenters. The Hall–Kier alpha value is -3.28. The molecule has 1 aliphatic rings. The molecule has 0 unspecified atom stereocenters. The highest BCUT2D eigenvalue weighted by Gasteiger charge is 2.38. The Morgan fingerprint density at radius 3 is 2.37 bits per heavy atom. The molecule has 35 heavy (non-hydrogen) atoms. The van der Waals surface area contributed by atoms with Gasteiger partial charge in [-0.2, -0.15) is 13.2 Å². The molecule has 0 spiro atoms. The molecule has 2 heterocycles. The van der Waals surface area contributed by atoms with Gasteiger partial charge in [0.1, 0.15) is 28.2 Å². The smallest absolute Gasteiger partial charge is 0.490 e. The summed E-state index contributed by atoms with van der Waals surface area (Å²) in [6.07, 6.45) is -5.25. The van der Waals surface area contributed by atoms with Gasteiger partial charge in [-0.05, 0) is 32.1 Å². The summed E-state index contributed by atoms with van der Waals surface area (Å²) < 4.78 is 37.7. The number of nitrogens with zero attached hydrogens (tertiary/aromatic N) is 1. The van der Waals surface area contributed by atoms with E-state index in [1.807, 2.05) is 11.9 Å². The summed E-state index contributed by atoms with van der Waals surface area (Å²) in [6.45, 7) is 1.15. The Morgan fingerprint density at radius 1 is 1.17 bits per heavy atom. The fraction of sp³-hybridized carbons (Fsp3) is 0.304. The maximum Gasteiger partial charge on any atom is 0.490 e. The minimum atomic E-state index is -5.08. The monoisotopic (exact) mass is 515 g/mol. The highest BCUT2D eigenvalue weighted by molar-refractivity contribution is 6.33. The number of fused-ring (bicyclic) bond motifs is 1. The van der Waals surface area contributed by atoms with Gasteiger partial charge in [0.2, 0.25) is 0 Å². The number of carbonyl (C=O) groups is 1. The molecule has 1 aromatic heterocycles. The minimum Gasteiger partial charge on any atom is -0.507 e. The summed E-state index contributed by atoms with van der Waals surface area (Å²) in [4.78, 5) is 23.7. The summed E-state index contributed by atoms with van der Waals surface area (Å²) in [6, 6.07) is 9.35. The highest BCUT2D eigenvalue weighted by Crippen LogP contribution is 2.42. The predicted octanol–water partition coefficient (Wildman–Crippen LogP) is 3.94. The van der Waals surface area contributed by atoms with Gasteiger partial charge in [0, 0.05) is 35.7 Å². The normalized spacial score (nSPS) is 18.7. The second kappa shape index (κ2) is 10.1. The van der Waals surface area contributed by atoms with Crippen molar-refractivity contribution in [1.29, 1.82) is 0 Å². The van der Waals surface area contributed by atoms with Crippen LogP contribution in [-0.4, -0.2) is 63.7 Å². The zero-order valence-electron chi connectivity index (χ0n) is 18.2. The van der Waals surface area contributed by atoms with Gasteiger partial charge in [0.25, 0.3) is 0 Å². The molecule has 0 radical (unpaired) electrons. The van der Waals surface area contributed by atoms with Crippen LogP contribution in [0.15, 0.2) is 45.6 Å². The molecule has 0 aliphatic carbocycles. The van der Waals surface area contributed by atoms with E-state index < -0.39 is 29.6 Å². The fourth-order valence-electron chi connectivity index (χ4n) is 3.90. The van der Waals surface area contributed by atoms with E-state index in [0.29, 0.717) is 29.1 Å². The number of hydrogen-bond acceptors (Lipinski definition) is 7. The van der Waals surface area contributed by atoms with E-state index in [-0.39, 0.29) is 28.2 Å². The van der Waals surface area contributed by atoms with E-state index in [1.54, 1.807) is 24.3 Å². The van der Waals surface area contributed by atoms with Crippen molar-refractivity contribution >= 4 is 28.5 Å². The van der Waals surface area contributed by atoms with Crippen LogP contribution < -0.4 is 5.43 Å². The first-order chi connectivity index (χ1) is 16.3. The van der Waals surface area contributed by atoms with Crippen LogP contribution >= 0.6 is 11.6 Å². The lowest BCUT2D eigenvalue weighted by atomic mass is 9.85. The van der Waals surface area contributed by atoms with Crippen LogP contribution in [0.25, 0.3) is 22.3 Å². The number of benzene rings is 2. The third-order valence-electron chi connectivity index (χ3n) is 5.54. The molecule has 4 N–H and O–H groups in total. The first-order valence-corrected chi connectivity index (χ1v) is 10.6. The zero-order valence-corrected chi connectivity index (χ0v) is 19.0. The quantitative estimate of drug-likeness (QED) is 0.403. The molecule has 1 saturated heterocycles. The number of halogens is 4. The summed E-state index contributed by atoms with van der Waals surface area (Å²) >= 11 is 6.25. The Labute approximate surface area is 201 Å². The topological polar surface area (TPSA) is 131 Å². The maximum absolute atomic E-state index is 12.8. The third-order valence-corrected chi connectivity index (χ3v) is 5.87. The lowest BCUT2D eigenvalue weighted by Gasteiger charge is -2.34. The van der Waals surface area contributed by atoms with Gasteiger partial charge in [0.15, 0.2) is 5.43 Å². The van der Waals surface area contributed by atoms with E-state index >= 15 is 0 Å². The number of likely N-dealkylation sites (tertiary alicyclic amines) is 1. The average Bonchev–Trinajstić information content (AvgIpc) is 2.74. The van der Waals surface area contributed by atoms with Crippen molar-refractivity contribution in [3.05, 3.63) is 57.2 Å². The summed E-state index contributed by atoms with van der Waals surface area (Å²) in [5.74, 6) is -3.52. The number of phenolic OH excluding ortho intramolecular Hbond substituents is 2. The number of alkyl halides is 3. The lowest BCUT2D eigenvalue weighted by molar-refractivity contribution is -0.192. The van der Waals surface area contributed by atoms with Crippen molar-refractivity contribution in [2.24, 2.45) is 0 Å². The summed E-state index contributed by atoms with van der Waals surface area (Å²) in [5.41, 5.74) is 0.492. The van der Waals surface area contributed by atoms with Gasteiger partial charge in [-0.15, -0.1) is 0 Å². The molecule has 4 rings (SSSR count). The number of carboxylic acid groups (broad SMARTS) is 1. The number of aliphatic hydroxyl groups excluding tert-OH is 1. The van der Waals surface area contributed by atoms with E-state index in [2.05, 4.69) is 0 Å². The number of aliphatic hydroxyl groups is 1. The number of carboxylic acids is 1. The van der Waals surface area contributed by atoms with Crippen molar-refractivity contribution in [1.82, 2.24) is 4.90 Å². The number of piperidine rings is 1. The Bertz CT molecular complexity index is 1310. The van der Waals surface area contributed by atoms with Crippen LogP contribution in [0.3, 0.4) is 0 Å². The van der Waals surface area contributed by atoms with Gasteiger partial charge < -0.3 is 29.7 Å². The molecule has 1 fully saturated rings. The standard InChI is InChI=1S/C21H20ClNO5.C2HF3O2/c1-23-7-6-12(17(27)10-23)19-14(24)8-15(25)20-16(26)9-18(28-21(19)20)11-4-2-3-5-13(11)22;3-2(4,5)1(6)7/h2-5,8-9,12,17,24-25,27H,6-7,10H2,1H3;(H,6,7)/t12-,17+;/m0./s1. The van der Waals surface area contributed by atoms with Crippen LogP contribution in [0.5, 0.6) is 11.5 Å². The van der Waals surface area contributed by atoms with Gasteiger partial charge in [0.05, 0.1) is 11.1 Å². The third kappa shape index (κ3) is 5.69. The number of β-amino-alcohol motifs (C(OH)–C–C–N with tert-alkyl or cyclic N) is 1. The van der Waals surface area contributed by atoms with Gasteiger partial charge in [-0.25, -0.2) is 4.79 Å². The Morgan fingerprint density at radius 2 is 1.80 bits per heavy atom. The largest absolute Gasteiger partial charge is 0.507 e. The van der Waals surface area contributed by atoms with Crippen molar-refractivity contribution < 1.29 is 42.8 Å². The van der Waals surface area contributed by atoms with E-state index in [0.717, 1.165) is 12.6 Å². The fourth-order valence-corrected chi connectivity index (χ4v) is 4.13. The van der Waals surface area contributed by atoms with Crippen molar-refractivity contribution in [2.75, 3.05) is 20.1 Å². The summed E-state index contributed by atoms with van der Waals surface area (Å²) in [7, 11) is 1.91. The average molecular weight is 516 g/mol. The SMILES string of the molecule is CN1CC[C@H](c2c(O)cc(O)c3c(=O)cc(-c4ccccc4Cl)oc23)[C@H](O)C1.O=C(O)C(F)(F)F. The second-order valence-corrected chi connectivity index (χ2v) is 8.42. The number of aliphatic carboxylic acids is 1. The molecule has 2 aromatic carbocycles. The second-order valence-electron chi connectivity index (χ2n) is 8.02. The molecule has 0 amide bonds. The zero-order chi connectivity index (χ0) is 26.1. The molecule has 8 nitrogen and oxygen atoms in total. The number of phenols is 2.